The van der Waals surface area contributed by atoms with Crippen LogP contribution in [-0.4, -0.2) is 52.7 Å². The number of nitrogens with zero attached hydrogens (tertiary/aromatic N) is 2. The van der Waals surface area contributed by atoms with Gasteiger partial charge in [-0.1, -0.05) is 6.07 Å². The van der Waals surface area contributed by atoms with Crippen molar-refractivity contribution in [1.82, 2.24) is 4.98 Å². The number of morpholine rings is 1. The monoisotopic (exact) mass is 468 g/mol. The number of rotatable bonds is 7. The molecule has 0 bridgehead atoms. The molecule has 1 aliphatic heterocycles. The number of pyridine rings is 1. The van der Waals surface area contributed by atoms with Crippen molar-refractivity contribution in [3.8, 4) is 5.75 Å². The number of hydrogen-bond acceptors (Lipinski definition) is 7. The van der Waals surface area contributed by atoms with Crippen LogP contribution in [0.5, 0.6) is 5.75 Å². The maximum absolute atomic E-state index is 13.4. The van der Waals surface area contributed by atoms with Gasteiger partial charge in [-0.25, -0.2) is 8.42 Å². The number of nitrogens with one attached hydrogen (secondary N) is 2. The Morgan fingerprint density at radius 2 is 1.76 bits per heavy atom. The van der Waals surface area contributed by atoms with E-state index in [1.54, 1.807) is 61.7 Å². The summed E-state index contributed by atoms with van der Waals surface area (Å²) in [5.74, 6) is 0.187. The van der Waals surface area contributed by atoms with Crippen LogP contribution in [0.4, 0.5) is 17.1 Å². The van der Waals surface area contributed by atoms with Gasteiger partial charge >= 0.3 is 0 Å². The van der Waals surface area contributed by atoms with Crippen molar-refractivity contribution in [3.05, 3.63) is 72.6 Å². The molecule has 1 fully saturated rings. The zero-order valence-corrected chi connectivity index (χ0v) is 18.8. The molecular weight excluding hydrogens is 444 g/mol. The molecule has 1 aromatic heterocycles. The molecule has 0 aliphatic carbocycles. The lowest BCUT2D eigenvalue weighted by atomic mass is 10.2. The fraction of sp³-hybridized carbons (Fsp3) is 0.217. The highest BCUT2D eigenvalue weighted by molar-refractivity contribution is 7.92. The van der Waals surface area contributed by atoms with Crippen LogP contribution < -0.4 is 19.7 Å². The number of methoxy groups -OCH3 is 1. The van der Waals surface area contributed by atoms with Crippen molar-refractivity contribution in [2.45, 2.75) is 4.90 Å². The molecule has 0 atom stereocenters. The van der Waals surface area contributed by atoms with E-state index in [2.05, 4.69) is 15.0 Å². The zero-order chi connectivity index (χ0) is 23.3. The summed E-state index contributed by atoms with van der Waals surface area (Å²) in [6.45, 7) is 2.13. The molecule has 2 N–H and O–H groups in total. The average Bonchev–Trinajstić information content (AvgIpc) is 2.85. The molecule has 9 nitrogen and oxygen atoms in total. The van der Waals surface area contributed by atoms with Crippen molar-refractivity contribution in [3.63, 3.8) is 0 Å². The largest absolute Gasteiger partial charge is 0.497 e. The Morgan fingerprint density at radius 1 is 1.03 bits per heavy atom. The van der Waals surface area contributed by atoms with Gasteiger partial charge in [-0.05, 0) is 54.6 Å². The third-order valence-corrected chi connectivity index (χ3v) is 6.51. The first-order valence-corrected chi connectivity index (χ1v) is 11.8. The normalized spacial score (nSPS) is 13.9. The van der Waals surface area contributed by atoms with Gasteiger partial charge in [0.25, 0.3) is 15.9 Å². The Labute approximate surface area is 192 Å². The Kier molecular flexibility index (Phi) is 6.76. The van der Waals surface area contributed by atoms with Gasteiger partial charge in [0.2, 0.25) is 0 Å². The zero-order valence-electron chi connectivity index (χ0n) is 18.0. The van der Waals surface area contributed by atoms with Gasteiger partial charge < -0.3 is 19.7 Å². The predicted octanol–water partition coefficient (Wildman–Crippen LogP) is 2.98. The molecule has 2 heterocycles. The van der Waals surface area contributed by atoms with Gasteiger partial charge in [-0.3, -0.25) is 14.5 Å². The summed E-state index contributed by atoms with van der Waals surface area (Å²) in [5, 5.41) is 2.73. The van der Waals surface area contributed by atoms with Crippen LogP contribution in [0.25, 0.3) is 0 Å². The third-order valence-electron chi connectivity index (χ3n) is 5.10. The first kappa shape index (κ1) is 22.6. The summed E-state index contributed by atoms with van der Waals surface area (Å²) >= 11 is 0. The Morgan fingerprint density at radius 3 is 2.42 bits per heavy atom. The number of ether oxygens (including phenoxy) is 2. The molecule has 33 heavy (non-hydrogen) atoms. The molecule has 2 aromatic carbocycles. The van der Waals surface area contributed by atoms with Gasteiger partial charge in [0.05, 0.1) is 26.0 Å². The van der Waals surface area contributed by atoms with Crippen molar-refractivity contribution in [2.75, 3.05) is 48.4 Å². The first-order chi connectivity index (χ1) is 16.0. The number of sulfonamides is 1. The Balaban J connectivity index is 1.67. The molecule has 0 radical (unpaired) electrons. The second-order valence-corrected chi connectivity index (χ2v) is 8.94. The molecule has 0 spiro atoms. The minimum Gasteiger partial charge on any atom is -0.497 e. The second kappa shape index (κ2) is 9.88. The maximum atomic E-state index is 13.4. The summed E-state index contributed by atoms with van der Waals surface area (Å²) in [6.07, 6.45) is 1.52. The quantitative estimate of drug-likeness (QED) is 0.549. The summed E-state index contributed by atoms with van der Waals surface area (Å²) in [5.41, 5.74) is 1.51. The molecule has 4 rings (SSSR count). The van der Waals surface area contributed by atoms with Crippen LogP contribution in [0.15, 0.2) is 71.8 Å². The fourth-order valence-corrected chi connectivity index (χ4v) is 4.74. The number of carbonyl (C=O) groups is 1. The molecule has 3 aromatic rings. The molecule has 0 unspecified atom stereocenters. The topological polar surface area (TPSA) is 110 Å². The summed E-state index contributed by atoms with van der Waals surface area (Å²) in [6, 6.07) is 16.4. The number of hydrogen-bond donors (Lipinski definition) is 2. The van der Waals surface area contributed by atoms with E-state index in [1.165, 1.54) is 12.3 Å². The lowest BCUT2D eigenvalue weighted by Crippen LogP contribution is -2.37. The van der Waals surface area contributed by atoms with Crippen molar-refractivity contribution in [2.24, 2.45) is 0 Å². The lowest BCUT2D eigenvalue weighted by molar-refractivity contribution is 0.102. The van der Waals surface area contributed by atoms with E-state index < -0.39 is 15.9 Å². The van der Waals surface area contributed by atoms with E-state index in [9.17, 15) is 13.2 Å². The van der Waals surface area contributed by atoms with Crippen molar-refractivity contribution < 1.29 is 22.7 Å². The number of amides is 1. The predicted molar refractivity (Wildman–Crippen MR) is 125 cm³/mol. The van der Waals surface area contributed by atoms with E-state index >= 15 is 0 Å². The summed E-state index contributed by atoms with van der Waals surface area (Å²) in [7, 11) is -2.44. The standard InChI is InChI=1S/C23H24N4O5S/c1-31-19-8-5-17(6-9-19)26-33(29,30)22-16-18(25-23(28)20-4-2-3-11-24-20)7-10-21(22)27-12-14-32-15-13-27/h2-11,16,26H,12-15H2,1H3,(H,25,28). The minimum absolute atomic E-state index is 0.0547. The number of benzene rings is 2. The van der Waals surface area contributed by atoms with E-state index in [4.69, 9.17) is 9.47 Å². The van der Waals surface area contributed by atoms with Crippen LogP contribution in [0.1, 0.15) is 10.5 Å². The van der Waals surface area contributed by atoms with Gasteiger partial charge in [0.15, 0.2) is 0 Å². The molecule has 1 amide bonds. The van der Waals surface area contributed by atoms with E-state index in [-0.39, 0.29) is 10.6 Å². The van der Waals surface area contributed by atoms with Crippen LogP contribution in [0.2, 0.25) is 0 Å². The first-order valence-electron chi connectivity index (χ1n) is 10.3. The highest BCUT2D eigenvalue weighted by atomic mass is 32.2. The summed E-state index contributed by atoms with van der Waals surface area (Å²) in [4.78, 5) is 18.6. The molecule has 1 aliphatic rings. The average molecular weight is 469 g/mol. The van der Waals surface area contributed by atoms with Crippen LogP contribution in [0.3, 0.4) is 0 Å². The number of anilines is 3. The van der Waals surface area contributed by atoms with Crippen molar-refractivity contribution >= 4 is 33.0 Å². The highest BCUT2D eigenvalue weighted by Crippen LogP contribution is 2.31. The van der Waals surface area contributed by atoms with E-state index in [1.807, 2.05) is 4.90 Å². The van der Waals surface area contributed by atoms with Gasteiger partial charge in [-0.15, -0.1) is 0 Å². The van der Waals surface area contributed by atoms with Gasteiger partial charge in [-0.2, -0.15) is 0 Å². The second-order valence-electron chi connectivity index (χ2n) is 7.29. The molecule has 0 saturated carbocycles. The van der Waals surface area contributed by atoms with Gasteiger partial charge in [0, 0.05) is 30.7 Å². The molecular formula is C23H24N4O5S. The third kappa shape index (κ3) is 5.41. The molecule has 1 saturated heterocycles. The maximum Gasteiger partial charge on any atom is 0.274 e. The SMILES string of the molecule is COc1ccc(NS(=O)(=O)c2cc(NC(=O)c3ccccn3)ccc2N2CCOCC2)cc1. The van der Waals surface area contributed by atoms with Crippen LogP contribution in [0, 0.1) is 0 Å². The van der Waals surface area contributed by atoms with E-state index in [0.29, 0.717) is 49.1 Å². The Bertz CT molecular complexity index is 1210. The molecule has 172 valence electrons. The highest BCUT2D eigenvalue weighted by Gasteiger charge is 2.25. The van der Waals surface area contributed by atoms with Gasteiger partial charge in [0.1, 0.15) is 16.3 Å². The number of aromatic nitrogens is 1. The van der Waals surface area contributed by atoms with E-state index in [0.717, 1.165) is 0 Å². The lowest BCUT2D eigenvalue weighted by Gasteiger charge is -2.30. The van der Waals surface area contributed by atoms with Crippen LogP contribution in [-0.2, 0) is 14.8 Å². The van der Waals surface area contributed by atoms with Crippen LogP contribution >= 0.6 is 0 Å². The van der Waals surface area contributed by atoms with Crippen molar-refractivity contribution in [1.29, 1.82) is 0 Å². The number of carbonyl (C=O) groups excluding carboxylic acids is 1. The molecule has 10 heteroatoms. The fourth-order valence-electron chi connectivity index (χ4n) is 3.43. The smallest absolute Gasteiger partial charge is 0.274 e. The Hall–Kier alpha value is -3.63. The summed E-state index contributed by atoms with van der Waals surface area (Å²) < 4.78 is 40.0. The minimum atomic E-state index is -3.98.